The van der Waals surface area contributed by atoms with E-state index in [2.05, 4.69) is 15.3 Å². The van der Waals surface area contributed by atoms with Crippen LogP contribution in [0.25, 0.3) is 0 Å². The van der Waals surface area contributed by atoms with Crippen LogP contribution in [0, 0.1) is 5.92 Å². The lowest BCUT2D eigenvalue weighted by molar-refractivity contribution is -0.145. The van der Waals surface area contributed by atoms with Crippen LogP contribution >= 0.6 is 0 Å². The van der Waals surface area contributed by atoms with E-state index in [1.807, 2.05) is 7.05 Å². The van der Waals surface area contributed by atoms with E-state index in [9.17, 15) is 22.4 Å². The number of nitrogens with zero attached hydrogens (tertiary/aromatic N) is 3. The number of hydrogen-bond acceptors (Lipinski definition) is 3. The number of halogens is 4. The van der Waals surface area contributed by atoms with E-state index in [0.29, 0.717) is 11.5 Å². The average Bonchev–Trinajstić information content (AvgIpc) is 2.87. The van der Waals surface area contributed by atoms with E-state index in [0.717, 1.165) is 31.5 Å². The average molecular weight is 402 g/mol. The number of likely N-dealkylation sites (tertiary alicyclic amines) is 1. The Morgan fingerprint density at radius 3 is 2.11 bits per heavy atom. The van der Waals surface area contributed by atoms with Gasteiger partial charge in [0.2, 0.25) is 17.8 Å². The molecule has 1 aromatic rings. The summed E-state index contributed by atoms with van der Waals surface area (Å²) in [5.41, 5.74) is 1.47. The third kappa shape index (κ3) is 3.65. The fraction of sp³-hybridized carbons (Fsp3) is 0.789. The van der Waals surface area contributed by atoms with Crippen molar-refractivity contribution in [3.8, 4) is 0 Å². The molecule has 1 aromatic heterocycles. The van der Waals surface area contributed by atoms with Crippen molar-refractivity contribution in [2.24, 2.45) is 13.0 Å². The van der Waals surface area contributed by atoms with Crippen molar-refractivity contribution in [1.82, 2.24) is 14.7 Å². The lowest BCUT2D eigenvalue weighted by Gasteiger charge is -2.36. The van der Waals surface area contributed by atoms with Gasteiger partial charge in [-0.05, 0) is 38.9 Å². The first-order valence-electron chi connectivity index (χ1n) is 9.86. The number of nitrogens with one attached hydrogen (secondary N) is 1. The van der Waals surface area contributed by atoms with Crippen molar-refractivity contribution in [2.75, 3.05) is 25.5 Å². The first-order valence-corrected chi connectivity index (χ1v) is 9.86. The number of carbonyl (C=O) groups is 1. The molecule has 1 amide bonds. The summed E-state index contributed by atoms with van der Waals surface area (Å²) < 4.78 is 54.7. The summed E-state index contributed by atoms with van der Waals surface area (Å²) >= 11 is 0. The Kier molecular flexibility index (Phi) is 4.71. The van der Waals surface area contributed by atoms with Crippen LogP contribution in [0.15, 0.2) is 0 Å². The Hall–Kier alpha value is -1.64. The van der Waals surface area contributed by atoms with Crippen molar-refractivity contribution in [3.63, 3.8) is 0 Å². The molecule has 3 aliphatic rings. The number of aromatic nitrogens is 2. The topological polar surface area (TPSA) is 50.2 Å². The molecule has 156 valence electrons. The molecule has 2 heterocycles. The Labute approximate surface area is 161 Å². The molecular weight excluding hydrogens is 376 g/mol. The second-order valence-electron chi connectivity index (χ2n) is 8.76. The van der Waals surface area contributed by atoms with Crippen LogP contribution in [0.4, 0.5) is 23.4 Å². The summed E-state index contributed by atoms with van der Waals surface area (Å²) in [5, 5.41) is 7.28. The quantitative estimate of drug-likeness (QED) is 0.781. The van der Waals surface area contributed by atoms with Crippen LogP contribution in [0.3, 0.4) is 0 Å². The van der Waals surface area contributed by atoms with Gasteiger partial charge >= 0.3 is 0 Å². The molecule has 1 aliphatic heterocycles. The fourth-order valence-corrected chi connectivity index (χ4v) is 4.63. The molecule has 0 spiro atoms. The zero-order valence-electron chi connectivity index (χ0n) is 16.2. The lowest BCUT2D eigenvalue weighted by Crippen LogP contribution is -2.42. The summed E-state index contributed by atoms with van der Waals surface area (Å²) in [6, 6.07) is 0. The van der Waals surface area contributed by atoms with Gasteiger partial charge in [-0.25, -0.2) is 17.6 Å². The molecule has 2 aliphatic carbocycles. The van der Waals surface area contributed by atoms with Gasteiger partial charge < -0.3 is 10.2 Å². The predicted molar refractivity (Wildman–Crippen MR) is 95.9 cm³/mol. The Morgan fingerprint density at radius 1 is 1.00 bits per heavy atom. The van der Waals surface area contributed by atoms with Gasteiger partial charge in [0.25, 0.3) is 0 Å². The van der Waals surface area contributed by atoms with Gasteiger partial charge in [-0.3, -0.25) is 9.48 Å². The van der Waals surface area contributed by atoms with E-state index in [4.69, 9.17) is 0 Å². The molecule has 0 unspecified atom stereocenters. The third-order valence-electron chi connectivity index (χ3n) is 6.42. The van der Waals surface area contributed by atoms with Gasteiger partial charge in [0.05, 0.1) is 5.69 Å². The molecular formula is C19H26F4N4O. The van der Waals surface area contributed by atoms with Gasteiger partial charge in [0, 0.05) is 50.1 Å². The van der Waals surface area contributed by atoms with Crippen LogP contribution in [0.1, 0.15) is 61.6 Å². The summed E-state index contributed by atoms with van der Waals surface area (Å²) in [7, 11) is 3.70. The summed E-state index contributed by atoms with van der Waals surface area (Å²) in [5.74, 6) is -6.30. The Bertz CT molecular complexity index is 754. The van der Waals surface area contributed by atoms with Crippen LogP contribution in [-0.2, 0) is 11.8 Å². The van der Waals surface area contributed by atoms with Crippen LogP contribution in [0.2, 0.25) is 0 Å². The summed E-state index contributed by atoms with van der Waals surface area (Å²) in [6.45, 7) is 1.75. The Balaban J connectivity index is 1.59. The van der Waals surface area contributed by atoms with Crippen molar-refractivity contribution >= 4 is 11.7 Å². The second-order valence-corrected chi connectivity index (χ2v) is 8.76. The summed E-state index contributed by atoms with van der Waals surface area (Å²) in [4.78, 5) is 14.7. The predicted octanol–water partition coefficient (Wildman–Crippen LogP) is 3.73. The molecule has 9 heteroatoms. The first kappa shape index (κ1) is 19.7. The number of aryl methyl sites for hydroxylation is 1. The molecule has 0 aromatic carbocycles. The molecule has 1 saturated heterocycles. The van der Waals surface area contributed by atoms with E-state index in [1.54, 1.807) is 7.05 Å². The van der Waals surface area contributed by atoms with Crippen LogP contribution in [0.5, 0.6) is 0 Å². The van der Waals surface area contributed by atoms with Crippen molar-refractivity contribution in [1.29, 1.82) is 0 Å². The minimum Gasteiger partial charge on any atom is -0.310 e. The maximum atomic E-state index is 13.5. The lowest BCUT2D eigenvalue weighted by atomic mass is 9.75. The number of amides is 1. The molecule has 0 bridgehead atoms. The highest BCUT2D eigenvalue weighted by atomic mass is 19.3. The molecule has 0 atom stereocenters. The SMILES string of the molecule is CN1CCC(c2c(C3CC(F)(F)C3)nn(C)c2NC(=O)C2CC(F)(F)C2)CC1. The number of rotatable bonds is 4. The second kappa shape index (κ2) is 6.71. The van der Waals surface area contributed by atoms with E-state index >= 15 is 0 Å². The van der Waals surface area contributed by atoms with Crippen LogP contribution in [-0.4, -0.2) is 52.6 Å². The largest absolute Gasteiger partial charge is 0.310 e. The fourth-order valence-electron chi connectivity index (χ4n) is 4.63. The van der Waals surface area contributed by atoms with Crippen molar-refractivity contribution < 1.29 is 22.4 Å². The molecule has 2 saturated carbocycles. The van der Waals surface area contributed by atoms with Crippen LogP contribution < -0.4 is 5.32 Å². The smallest absolute Gasteiger partial charge is 0.249 e. The maximum Gasteiger partial charge on any atom is 0.249 e. The number of anilines is 1. The molecule has 3 fully saturated rings. The highest BCUT2D eigenvalue weighted by Gasteiger charge is 2.50. The highest BCUT2D eigenvalue weighted by Crippen LogP contribution is 2.51. The van der Waals surface area contributed by atoms with E-state index < -0.39 is 36.5 Å². The van der Waals surface area contributed by atoms with Gasteiger partial charge in [-0.1, -0.05) is 0 Å². The molecule has 0 radical (unpaired) electrons. The van der Waals surface area contributed by atoms with Crippen molar-refractivity contribution in [3.05, 3.63) is 11.3 Å². The monoisotopic (exact) mass is 402 g/mol. The first-order chi connectivity index (χ1) is 13.0. The third-order valence-corrected chi connectivity index (χ3v) is 6.42. The number of carbonyl (C=O) groups excluding carboxylic acids is 1. The minimum absolute atomic E-state index is 0.118. The maximum absolute atomic E-state index is 13.5. The van der Waals surface area contributed by atoms with Crippen molar-refractivity contribution in [2.45, 2.75) is 62.2 Å². The van der Waals surface area contributed by atoms with E-state index in [-0.39, 0.29) is 24.7 Å². The molecule has 4 rings (SSSR count). The Morgan fingerprint density at radius 2 is 1.57 bits per heavy atom. The minimum atomic E-state index is -2.77. The zero-order valence-corrected chi connectivity index (χ0v) is 16.2. The molecule has 5 nitrogen and oxygen atoms in total. The molecule has 1 N–H and O–H groups in total. The summed E-state index contributed by atoms with van der Waals surface area (Å²) in [6.07, 6.45) is 0.354. The molecule has 28 heavy (non-hydrogen) atoms. The number of alkyl halides is 4. The number of hydrogen-bond donors (Lipinski definition) is 1. The zero-order chi connectivity index (χ0) is 20.3. The normalized spacial score (nSPS) is 25.9. The number of piperidine rings is 1. The van der Waals surface area contributed by atoms with Gasteiger partial charge in [0.15, 0.2) is 0 Å². The van der Waals surface area contributed by atoms with E-state index in [1.165, 1.54) is 4.68 Å². The van der Waals surface area contributed by atoms with Gasteiger partial charge in [-0.15, -0.1) is 0 Å². The van der Waals surface area contributed by atoms with Gasteiger partial charge in [-0.2, -0.15) is 5.10 Å². The van der Waals surface area contributed by atoms with Gasteiger partial charge in [0.1, 0.15) is 5.82 Å². The highest BCUT2D eigenvalue weighted by molar-refractivity contribution is 5.93. The standard InChI is InChI=1S/C19H26F4N4O/c1-26-5-3-11(4-6-26)14-15(12-7-18(20,21)8-12)25-27(2)16(14)24-17(28)13-9-19(22,23)10-13/h11-13H,3-10H2,1-2H3,(H,24,28).